The summed E-state index contributed by atoms with van der Waals surface area (Å²) >= 11 is 7.61. The standard InChI is InChI=1S/C38H30S4/c1-5-13-33(14-6-1)39-37(40-34-15-7-2-8-16-34)31-25-21-29(22-26-31)30-23-27-32(28-24-30)38(41-35-17-9-3-10-18-35)42-36-19-11-4-12-20-36/h1-28,37-38H. The van der Waals surface area contributed by atoms with E-state index in [-0.39, 0.29) is 9.16 Å². The van der Waals surface area contributed by atoms with Gasteiger partial charge in [-0.25, -0.2) is 0 Å². The smallest absolute Gasteiger partial charge is 0.0845 e. The third-order valence-electron chi connectivity index (χ3n) is 6.64. The van der Waals surface area contributed by atoms with E-state index in [1.165, 1.54) is 41.8 Å². The molecule has 6 rings (SSSR count). The van der Waals surface area contributed by atoms with Crippen LogP contribution in [-0.4, -0.2) is 0 Å². The molecule has 0 aliphatic carbocycles. The van der Waals surface area contributed by atoms with E-state index < -0.39 is 0 Å². The fraction of sp³-hybridized carbons (Fsp3) is 0.0526. The zero-order chi connectivity index (χ0) is 28.4. The van der Waals surface area contributed by atoms with Gasteiger partial charge in [0.05, 0.1) is 9.16 Å². The van der Waals surface area contributed by atoms with Crippen molar-refractivity contribution in [2.24, 2.45) is 0 Å². The molecule has 0 nitrogen and oxygen atoms in total. The van der Waals surface area contributed by atoms with Gasteiger partial charge >= 0.3 is 0 Å². The molecule has 0 heterocycles. The maximum atomic E-state index is 2.29. The number of hydrogen-bond acceptors (Lipinski definition) is 4. The molecule has 6 aromatic carbocycles. The third-order valence-corrected chi connectivity index (χ3v) is 11.9. The average Bonchev–Trinajstić information content (AvgIpc) is 3.06. The zero-order valence-corrected chi connectivity index (χ0v) is 26.2. The van der Waals surface area contributed by atoms with Crippen LogP contribution >= 0.6 is 47.0 Å². The second kappa shape index (κ2) is 14.8. The topological polar surface area (TPSA) is 0 Å². The van der Waals surface area contributed by atoms with Crippen LogP contribution in [0, 0.1) is 0 Å². The van der Waals surface area contributed by atoms with Gasteiger partial charge in [-0.2, -0.15) is 0 Å². The Hall–Kier alpha value is -3.28. The van der Waals surface area contributed by atoms with Gasteiger partial charge in [0.1, 0.15) is 0 Å². The Morgan fingerprint density at radius 1 is 0.262 bits per heavy atom. The quantitative estimate of drug-likeness (QED) is 0.105. The first-order chi connectivity index (χ1) is 20.8. The zero-order valence-electron chi connectivity index (χ0n) is 23.0. The summed E-state index contributed by atoms with van der Waals surface area (Å²) in [6, 6.07) is 61.0. The van der Waals surface area contributed by atoms with Crippen molar-refractivity contribution in [3.05, 3.63) is 181 Å². The minimum Gasteiger partial charge on any atom is -0.107 e. The molecule has 0 aromatic heterocycles. The van der Waals surface area contributed by atoms with E-state index in [9.17, 15) is 0 Å². The van der Waals surface area contributed by atoms with Crippen molar-refractivity contribution >= 4 is 47.0 Å². The fourth-order valence-corrected chi connectivity index (χ4v) is 9.61. The van der Waals surface area contributed by atoms with Crippen LogP contribution in [0.1, 0.15) is 20.3 Å². The van der Waals surface area contributed by atoms with Crippen LogP contribution in [0.15, 0.2) is 189 Å². The Morgan fingerprint density at radius 3 is 0.738 bits per heavy atom. The molecule has 4 heteroatoms. The monoisotopic (exact) mass is 614 g/mol. The Morgan fingerprint density at radius 2 is 0.500 bits per heavy atom. The maximum Gasteiger partial charge on any atom is 0.0845 e. The first kappa shape index (κ1) is 28.8. The van der Waals surface area contributed by atoms with E-state index >= 15 is 0 Å². The minimum absolute atomic E-state index is 0.261. The lowest BCUT2D eigenvalue weighted by Crippen LogP contribution is -1.92. The largest absolute Gasteiger partial charge is 0.107 e. The van der Waals surface area contributed by atoms with Crippen LogP contribution in [0.2, 0.25) is 0 Å². The summed E-state index contributed by atoms with van der Waals surface area (Å²) in [5.74, 6) is 0. The molecule has 0 saturated heterocycles. The lowest BCUT2D eigenvalue weighted by molar-refractivity contribution is 1.32. The van der Waals surface area contributed by atoms with E-state index in [1.54, 1.807) is 0 Å². The normalized spacial score (nSPS) is 11.2. The van der Waals surface area contributed by atoms with Crippen molar-refractivity contribution < 1.29 is 0 Å². The second-order valence-electron chi connectivity index (χ2n) is 9.63. The lowest BCUT2D eigenvalue weighted by atomic mass is 10.0. The van der Waals surface area contributed by atoms with Gasteiger partial charge in [-0.15, -0.1) is 47.0 Å². The first-order valence-electron chi connectivity index (χ1n) is 13.9. The van der Waals surface area contributed by atoms with Gasteiger partial charge in [0.15, 0.2) is 0 Å². The molecule has 0 spiro atoms. The SMILES string of the molecule is c1ccc(SC(Sc2ccccc2)c2ccc(-c3ccc(C(Sc4ccccc4)Sc4ccccc4)cc3)cc2)cc1. The first-order valence-corrected chi connectivity index (χ1v) is 17.4. The predicted octanol–water partition coefficient (Wildman–Crippen LogP) is 12.5. The summed E-state index contributed by atoms with van der Waals surface area (Å²) in [5.41, 5.74) is 5.11. The molecule has 0 saturated carbocycles. The molecule has 0 aliphatic rings. The highest BCUT2D eigenvalue weighted by molar-refractivity contribution is 8.16. The number of rotatable bonds is 11. The molecule has 0 N–H and O–H groups in total. The van der Waals surface area contributed by atoms with Crippen LogP contribution in [-0.2, 0) is 0 Å². The lowest BCUT2D eigenvalue weighted by Gasteiger charge is -2.18. The second-order valence-corrected chi connectivity index (χ2v) is 14.9. The van der Waals surface area contributed by atoms with Gasteiger partial charge in [-0.3, -0.25) is 0 Å². The Kier molecular flexibility index (Phi) is 10.1. The van der Waals surface area contributed by atoms with E-state index in [0.717, 1.165) is 0 Å². The fourth-order valence-electron chi connectivity index (χ4n) is 4.48. The van der Waals surface area contributed by atoms with Crippen molar-refractivity contribution in [1.82, 2.24) is 0 Å². The summed E-state index contributed by atoms with van der Waals surface area (Å²) in [5, 5.41) is 0. The highest BCUT2D eigenvalue weighted by Gasteiger charge is 2.17. The van der Waals surface area contributed by atoms with Gasteiger partial charge in [0, 0.05) is 19.6 Å². The Bertz CT molecular complexity index is 1430. The van der Waals surface area contributed by atoms with E-state index in [1.807, 2.05) is 47.0 Å². The number of hydrogen-bond donors (Lipinski definition) is 0. The molecule has 0 aliphatic heterocycles. The molecule has 0 amide bonds. The summed E-state index contributed by atoms with van der Waals surface area (Å²) in [4.78, 5) is 5.12. The van der Waals surface area contributed by atoms with Crippen molar-refractivity contribution in [1.29, 1.82) is 0 Å². The Balaban J connectivity index is 1.21. The molecule has 42 heavy (non-hydrogen) atoms. The summed E-state index contributed by atoms with van der Waals surface area (Å²) in [6.45, 7) is 0. The van der Waals surface area contributed by atoms with E-state index in [4.69, 9.17) is 0 Å². The van der Waals surface area contributed by atoms with Crippen LogP contribution in [0.25, 0.3) is 11.1 Å². The van der Waals surface area contributed by atoms with Crippen LogP contribution in [0.4, 0.5) is 0 Å². The van der Waals surface area contributed by atoms with Crippen LogP contribution in [0.5, 0.6) is 0 Å². The molecule has 6 aromatic rings. The Labute approximate surface area is 266 Å². The predicted molar refractivity (Wildman–Crippen MR) is 187 cm³/mol. The molecule has 0 bridgehead atoms. The maximum absolute atomic E-state index is 2.29. The summed E-state index contributed by atoms with van der Waals surface area (Å²) < 4.78 is 0.522. The van der Waals surface area contributed by atoms with Crippen LogP contribution < -0.4 is 0 Å². The molecule has 0 unspecified atom stereocenters. The molecule has 0 fully saturated rings. The van der Waals surface area contributed by atoms with Gasteiger partial charge in [0.2, 0.25) is 0 Å². The van der Waals surface area contributed by atoms with Crippen molar-refractivity contribution in [3.63, 3.8) is 0 Å². The average molecular weight is 615 g/mol. The molecule has 0 atom stereocenters. The molecule has 0 radical (unpaired) electrons. The molecular weight excluding hydrogens is 585 g/mol. The highest BCUT2D eigenvalue weighted by Crippen LogP contribution is 2.48. The summed E-state index contributed by atoms with van der Waals surface area (Å²) in [7, 11) is 0. The highest BCUT2D eigenvalue weighted by atomic mass is 32.2. The molecular formula is C38H30S4. The minimum atomic E-state index is 0.261. The van der Waals surface area contributed by atoms with Crippen LogP contribution in [0.3, 0.4) is 0 Å². The number of thioether (sulfide) groups is 4. The van der Waals surface area contributed by atoms with Crippen molar-refractivity contribution in [2.45, 2.75) is 28.7 Å². The van der Waals surface area contributed by atoms with E-state index in [2.05, 4.69) is 170 Å². The van der Waals surface area contributed by atoms with Gasteiger partial charge in [-0.1, -0.05) is 121 Å². The summed E-state index contributed by atoms with van der Waals surface area (Å²) in [6.07, 6.45) is 0. The number of benzene rings is 6. The van der Waals surface area contributed by atoms with E-state index in [0.29, 0.717) is 0 Å². The van der Waals surface area contributed by atoms with Gasteiger partial charge < -0.3 is 0 Å². The van der Waals surface area contributed by atoms with Crippen molar-refractivity contribution in [3.8, 4) is 11.1 Å². The third kappa shape index (κ3) is 7.96. The van der Waals surface area contributed by atoms with Gasteiger partial charge in [-0.05, 0) is 70.8 Å². The van der Waals surface area contributed by atoms with Crippen molar-refractivity contribution in [2.75, 3.05) is 0 Å². The van der Waals surface area contributed by atoms with Gasteiger partial charge in [0.25, 0.3) is 0 Å². The molecule has 206 valence electrons.